The van der Waals surface area contributed by atoms with Gasteiger partial charge in [0.05, 0.1) is 16.0 Å². The number of nitro benzene ring substituents is 1. The number of nitrogens with one attached hydrogen (secondary N) is 1. The van der Waals surface area contributed by atoms with Gasteiger partial charge in [-0.1, -0.05) is 0 Å². The maximum absolute atomic E-state index is 12.2. The third-order valence-electron chi connectivity index (χ3n) is 4.00. The van der Waals surface area contributed by atoms with Gasteiger partial charge in [0, 0.05) is 23.2 Å². The number of aromatic nitrogens is 3. The Bertz CT molecular complexity index is 1260. The van der Waals surface area contributed by atoms with Gasteiger partial charge in [-0.15, -0.1) is 0 Å². The Morgan fingerprint density at radius 2 is 1.81 bits per heavy atom. The van der Waals surface area contributed by atoms with Crippen LogP contribution in [0.4, 0.5) is 5.69 Å². The van der Waals surface area contributed by atoms with Crippen molar-refractivity contribution in [1.29, 1.82) is 0 Å². The lowest BCUT2D eigenvalue weighted by Crippen LogP contribution is -2.27. The van der Waals surface area contributed by atoms with E-state index in [4.69, 9.17) is 0 Å². The third kappa shape index (κ3) is 2.38. The van der Waals surface area contributed by atoms with Crippen LogP contribution in [0, 0.1) is 10.1 Å². The van der Waals surface area contributed by atoms with Crippen LogP contribution in [0.1, 0.15) is 0 Å². The highest BCUT2D eigenvalue weighted by Crippen LogP contribution is 2.30. The average Bonchev–Trinajstić information content (AvgIpc) is 2.60. The van der Waals surface area contributed by atoms with Crippen molar-refractivity contribution in [2.24, 2.45) is 0 Å². The van der Waals surface area contributed by atoms with E-state index in [2.05, 4.69) is 9.97 Å². The SMILES string of the molecule is O=c1nc2n(-c3ccc(O)cc3)c3ccc([N+](=O)[O-])cc3cc-2c(=O)[nH]1. The summed E-state index contributed by atoms with van der Waals surface area (Å²) in [5.74, 6) is 0.163. The fourth-order valence-corrected chi connectivity index (χ4v) is 2.86. The van der Waals surface area contributed by atoms with Crippen molar-refractivity contribution in [2.45, 2.75) is 0 Å². The molecule has 0 atom stereocenters. The number of hydrogen-bond donors (Lipinski definition) is 2. The van der Waals surface area contributed by atoms with Crippen LogP contribution in [0.25, 0.3) is 28.0 Å². The zero-order valence-corrected chi connectivity index (χ0v) is 13.0. The number of benzene rings is 2. The van der Waals surface area contributed by atoms with Crippen molar-refractivity contribution in [3.63, 3.8) is 0 Å². The maximum atomic E-state index is 12.2. The Kier molecular flexibility index (Phi) is 3.29. The number of pyridine rings is 1. The minimum absolute atomic E-state index is 0.0462. The first kappa shape index (κ1) is 15.5. The standard InChI is InChI=1S/C17H10N4O5/c22-12-4-1-10(2-5-12)20-14-6-3-11(21(25)26)7-9(14)8-13-15(20)18-17(24)19-16(13)23/h1-8,22H,(H,19,23,24). The van der Waals surface area contributed by atoms with Crippen LogP contribution in [0.5, 0.6) is 5.75 Å². The van der Waals surface area contributed by atoms with E-state index < -0.39 is 16.2 Å². The molecule has 0 fully saturated rings. The van der Waals surface area contributed by atoms with Crippen LogP contribution in [0.15, 0.2) is 58.1 Å². The minimum Gasteiger partial charge on any atom is -0.508 e. The molecule has 2 aromatic carbocycles. The Morgan fingerprint density at radius 1 is 1.08 bits per heavy atom. The summed E-state index contributed by atoms with van der Waals surface area (Å²) in [6.45, 7) is 0. The van der Waals surface area contributed by atoms with E-state index in [1.54, 1.807) is 16.7 Å². The molecule has 4 rings (SSSR count). The number of phenolic OH excluding ortho intramolecular Hbond substituents is 1. The molecular formula is C17H10N4O5. The van der Waals surface area contributed by atoms with Crippen LogP contribution in [-0.4, -0.2) is 24.6 Å². The summed E-state index contributed by atoms with van der Waals surface area (Å²) >= 11 is 0. The molecule has 2 aliphatic heterocycles. The molecule has 2 heterocycles. The number of H-pyrrole nitrogens is 1. The van der Waals surface area contributed by atoms with Crippen molar-refractivity contribution >= 4 is 16.6 Å². The lowest BCUT2D eigenvalue weighted by molar-refractivity contribution is -0.384. The van der Waals surface area contributed by atoms with Crippen molar-refractivity contribution in [1.82, 2.24) is 14.5 Å². The predicted octanol–water partition coefficient (Wildman–Crippen LogP) is 1.79. The number of phenols is 1. The van der Waals surface area contributed by atoms with Crippen molar-refractivity contribution in [3.05, 3.63) is 79.5 Å². The van der Waals surface area contributed by atoms with Crippen molar-refractivity contribution < 1.29 is 10.0 Å². The number of hydrogen-bond acceptors (Lipinski definition) is 6. The van der Waals surface area contributed by atoms with E-state index in [0.29, 0.717) is 16.6 Å². The number of nitrogens with zero attached hydrogens (tertiary/aromatic N) is 3. The third-order valence-corrected chi connectivity index (χ3v) is 4.00. The summed E-state index contributed by atoms with van der Waals surface area (Å²) in [6, 6.07) is 11.7. The van der Waals surface area contributed by atoms with E-state index in [0.717, 1.165) is 0 Å². The molecule has 26 heavy (non-hydrogen) atoms. The fourth-order valence-electron chi connectivity index (χ4n) is 2.86. The number of non-ortho nitro benzene ring substituents is 1. The fraction of sp³-hybridized carbons (Fsp3) is 0. The molecular weight excluding hydrogens is 340 g/mol. The summed E-state index contributed by atoms with van der Waals surface area (Å²) < 4.78 is 1.55. The molecule has 0 bridgehead atoms. The van der Waals surface area contributed by atoms with Gasteiger partial charge in [0.2, 0.25) is 0 Å². The smallest absolute Gasteiger partial charge is 0.349 e. The number of nitro groups is 1. The largest absolute Gasteiger partial charge is 0.508 e. The Morgan fingerprint density at radius 3 is 2.50 bits per heavy atom. The molecule has 9 heteroatoms. The van der Waals surface area contributed by atoms with Crippen LogP contribution >= 0.6 is 0 Å². The number of aromatic hydroxyl groups is 1. The topological polar surface area (TPSA) is 131 Å². The summed E-state index contributed by atoms with van der Waals surface area (Å²) in [5, 5.41) is 21.0. The summed E-state index contributed by atoms with van der Waals surface area (Å²) in [7, 11) is 0. The molecule has 0 aliphatic carbocycles. The second-order valence-corrected chi connectivity index (χ2v) is 5.60. The molecule has 0 unspecified atom stereocenters. The first-order valence-electron chi connectivity index (χ1n) is 7.48. The monoisotopic (exact) mass is 350 g/mol. The Hall–Kier alpha value is -4.01. The zero-order valence-electron chi connectivity index (χ0n) is 13.0. The lowest BCUT2D eigenvalue weighted by Gasteiger charge is -2.17. The van der Waals surface area contributed by atoms with Gasteiger partial charge < -0.3 is 5.11 Å². The molecule has 9 nitrogen and oxygen atoms in total. The van der Waals surface area contributed by atoms with E-state index in [1.165, 1.54) is 36.4 Å². The molecule has 0 spiro atoms. The van der Waals surface area contributed by atoms with E-state index >= 15 is 0 Å². The number of aromatic amines is 1. The maximum Gasteiger partial charge on any atom is 0.349 e. The molecule has 0 aromatic heterocycles. The predicted molar refractivity (Wildman–Crippen MR) is 92.9 cm³/mol. The normalized spacial score (nSPS) is 11.1. The Labute approximate surface area is 144 Å². The molecule has 0 saturated heterocycles. The quantitative estimate of drug-likeness (QED) is 0.322. The molecule has 2 aliphatic rings. The van der Waals surface area contributed by atoms with Crippen LogP contribution in [0.2, 0.25) is 0 Å². The van der Waals surface area contributed by atoms with Crippen LogP contribution in [-0.2, 0) is 0 Å². The van der Waals surface area contributed by atoms with Crippen LogP contribution < -0.4 is 11.2 Å². The second-order valence-electron chi connectivity index (χ2n) is 5.60. The first-order chi connectivity index (χ1) is 12.4. The highest BCUT2D eigenvalue weighted by molar-refractivity contribution is 5.88. The number of fused-ring (bicyclic) bond motifs is 2. The molecule has 0 radical (unpaired) electrons. The number of rotatable bonds is 2. The highest BCUT2D eigenvalue weighted by atomic mass is 16.6. The van der Waals surface area contributed by atoms with E-state index in [9.17, 15) is 24.8 Å². The lowest BCUT2D eigenvalue weighted by atomic mass is 10.1. The van der Waals surface area contributed by atoms with E-state index in [-0.39, 0.29) is 22.8 Å². The Balaban J connectivity index is 2.20. The molecule has 2 aromatic rings. The molecule has 0 saturated carbocycles. The van der Waals surface area contributed by atoms with Gasteiger partial charge in [-0.3, -0.25) is 24.5 Å². The first-order valence-corrected chi connectivity index (χ1v) is 7.48. The second kappa shape index (κ2) is 5.52. The summed E-state index contributed by atoms with van der Waals surface area (Å²) in [4.78, 5) is 40.5. The van der Waals surface area contributed by atoms with Crippen molar-refractivity contribution in [2.75, 3.05) is 0 Å². The molecule has 128 valence electrons. The highest BCUT2D eigenvalue weighted by Gasteiger charge is 2.19. The van der Waals surface area contributed by atoms with Gasteiger partial charge >= 0.3 is 5.69 Å². The molecule has 2 N–H and O–H groups in total. The van der Waals surface area contributed by atoms with Gasteiger partial charge in [0.15, 0.2) is 5.82 Å². The summed E-state index contributed by atoms with van der Waals surface area (Å²) in [5.41, 5.74) is -0.391. The van der Waals surface area contributed by atoms with E-state index in [1.807, 2.05) is 0 Å². The van der Waals surface area contributed by atoms with Gasteiger partial charge in [0.25, 0.3) is 11.2 Å². The van der Waals surface area contributed by atoms with Crippen molar-refractivity contribution in [3.8, 4) is 22.8 Å². The van der Waals surface area contributed by atoms with Gasteiger partial charge in [-0.25, -0.2) is 4.79 Å². The zero-order chi connectivity index (χ0) is 18.4. The van der Waals surface area contributed by atoms with Gasteiger partial charge in [-0.05, 0) is 36.4 Å². The molecule has 0 amide bonds. The minimum atomic E-state index is -0.795. The van der Waals surface area contributed by atoms with Crippen LogP contribution in [0.3, 0.4) is 0 Å². The van der Waals surface area contributed by atoms with Gasteiger partial charge in [0.1, 0.15) is 5.75 Å². The average molecular weight is 350 g/mol. The summed E-state index contributed by atoms with van der Waals surface area (Å²) in [6.07, 6.45) is 0. The van der Waals surface area contributed by atoms with Gasteiger partial charge in [-0.2, -0.15) is 4.98 Å².